The first-order valence-corrected chi connectivity index (χ1v) is 8.92. The number of hydrogen-bond acceptors (Lipinski definition) is 3. The fourth-order valence-electron chi connectivity index (χ4n) is 3.58. The van der Waals surface area contributed by atoms with E-state index in [0.29, 0.717) is 31.7 Å². The molecule has 1 aliphatic rings. The molecule has 1 saturated heterocycles. The van der Waals surface area contributed by atoms with Gasteiger partial charge in [-0.3, -0.25) is 4.79 Å². The molecule has 1 aliphatic heterocycles. The van der Waals surface area contributed by atoms with Crippen molar-refractivity contribution in [3.8, 4) is 6.07 Å². The highest BCUT2D eigenvalue weighted by atomic mass is 19.1. The number of fused-ring (bicyclic) bond motifs is 1. The molecule has 0 radical (unpaired) electrons. The molecule has 6 heteroatoms. The lowest BCUT2D eigenvalue weighted by molar-refractivity contribution is -0.132. The second kappa shape index (κ2) is 7.12. The van der Waals surface area contributed by atoms with Gasteiger partial charge in [0.2, 0.25) is 5.91 Å². The van der Waals surface area contributed by atoms with Crippen LogP contribution >= 0.6 is 0 Å². The monoisotopic (exact) mass is 362 g/mol. The van der Waals surface area contributed by atoms with Crippen molar-refractivity contribution in [3.63, 3.8) is 0 Å². The fraction of sp³-hybridized carbons (Fsp3) is 0.238. The molecule has 2 heterocycles. The number of piperazine rings is 1. The number of hydrogen-bond donors (Lipinski definition) is 0. The first-order valence-electron chi connectivity index (χ1n) is 8.92. The lowest BCUT2D eigenvalue weighted by atomic mass is 10.2. The largest absolute Gasteiger partial charge is 0.368 e. The van der Waals surface area contributed by atoms with Crippen LogP contribution in [0.1, 0.15) is 5.56 Å². The normalized spacial score (nSPS) is 14.4. The highest BCUT2D eigenvalue weighted by molar-refractivity contribution is 5.88. The maximum atomic E-state index is 13.1. The molecule has 0 N–H and O–H groups in total. The maximum Gasteiger partial charge on any atom is 0.242 e. The molecular formula is C21H19FN4O. The summed E-state index contributed by atoms with van der Waals surface area (Å²) in [5.41, 5.74) is 2.45. The third-order valence-corrected chi connectivity index (χ3v) is 5.04. The predicted octanol–water partition coefficient (Wildman–Crippen LogP) is 3.00. The quantitative estimate of drug-likeness (QED) is 0.720. The molecule has 0 bridgehead atoms. The van der Waals surface area contributed by atoms with Crippen molar-refractivity contribution in [2.24, 2.45) is 0 Å². The number of benzene rings is 2. The first kappa shape index (κ1) is 17.1. The van der Waals surface area contributed by atoms with Crippen LogP contribution in [0.5, 0.6) is 0 Å². The van der Waals surface area contributed by atoms with Crippen LogP contribution in [0.15, 0.2) is 54.7 Å². The molecule has 4 rings (SSSR count). The third-order valence-electron chi connectivity index (χ3n) is 5.04. The Bertz CT molecular complexity index is 1010. The highest BCUT2D eigenvalue weighted by Crippen LogP contribution is 2.21. The van der Waals surface area contributed by atoms with Gasteiger partial charge in [0, 0.05) is 49.0 Å². The van der Waals surface area contributed by atoms with Crippen molar-refractivity contribution in [2.45, 2.75) is 6.54 Å². The van der Waals surface area contributed by atoms with E-state index in [-0.39, 0.29) is 18.3 Å². The minimum Gasteiger partial charge on any atom is -0.368 e. The number of carbonyl (C=O) groups is 1. The lowest BCUT2D eigenvalue weighted by Gasteiger charge is -2.36. The van der Waals surface area contributed by atoms with Crippen molar-refractivity contribution >= 4 is 22.5 Å². The molecule has 5 nitrogen and oxygen atoms in total. The summed E-state index contributed by atoms with van der Waals surface area (Å²) < 4.78 is 14.9. The Morgan fingerprint density at radius 1 is 1.04 bits per heavy atom. The Morgan fingerprint density at radius 2 is 1.74 bits per heavy atom. The molecule has 0 saturated carbocycles. The van der Waals surface area contributed by atoms with Gasteiger partial charge >= 0.3 is 0 Å². The summed E-state index contributed by atoms with van der Waals surface area (Å²) in [7, 11) is 0. The van der Waals surface area contributed by atoms with E-state index < -0.39 is 0 Å². The maximum absolute atomic E-state index is 13.1. The molecule has 136 valence electrons. The van der Waals surface area contributed by atoms with Crippen LogP contribution < -0.4 is 4.90 Å². The number of amides is 1. The van der Waals surface area contributed by atoms with Crippen molar-refractivity contribution in [3.05, 3.63) is 66.1 Å². The zero-order valence-corrected chi connectivity index (χ0v) is 14.8. The van der Waals surface area contributed by atoms with Crippen LogP contribution in [0.4, 0.5) is 10.1 Å². The average molecular weight is 362 g/mol. The number of halogens is 1. The summed E-state index contributed by atoms with van der Waals surface area (Å²) in [6.07, 6.45) is 1.75. The topological polar surface area (TPSA) is 52.3 Å². The van der Waals surface area contributed by atoms with Gasteiger partial charge in [0.1, 0.15) is 18.4 Å². The number of nitriles is 1. The molecule has 0 atom stereocenters. The second-order valence-corrected chi connectivity index (χ2v) is 6.64. The van der Waals surface area contributed by atoms with E-state index in [1.54, 1.807) is 18.3 Å². The summed E-state index contributed by atoms with van der Waals surface area (Å²) in [5, 5.41) is 10.2. The second-order valence-electron chi connectivity index (χ2n) is 6.64. The average Bonchev–Trinajstić information content (AvgIpc) is 3.06. The van der Waals surface area contributed by atoms with Gasteiger partial charge in [-0.25, -0.2) is 4.39 Å². The van der Waals surface area contributed by atoms with Crippen molar-refractivity contribution in [1.29, 1.82) is 5.26 Å². The SMILES string of the molecule is N#Cc1cn(CC(=O)N2CCN(c3ccc(F)cc3)CC2)c2ccccc12. The van der Waals surface area contributed by atoms with Gasteiger partial charge < -0.3 is 14.4 Å². The number of para-hydroxylation sites is 1. The van der Waals surface area contributed by atoms with E-state index in [4.69, 9.17) is 0 Å². The number of carbonyl (C=O) groups excluding carboxylic acids is 1. The third kappa shape index (κ3) is 3.36. The van der Waals surface area contributed by atoms with E-state index in [0.717, 1.165) is 16.6 Å². The smallest absolute Gasteiger partial charge is 0.242 e. The van der Waals surface area contributed by atoms with Crippen LogP contribution in [-0.4, -0.2) is 41.6 Å². The minimum atomic E-state index is -0.247. The molecule has 27 heavy (non-hydrogen) atoms. The van der Waals surface area contributed by atoms with Crippen LogP contribution in [0.25, 0.3) is 10.9 Å². The van der Waals surface area contributed by atoms with Gasteiger partial charge in [-0.1, -0.05) is 18.2 Å². The van der Waals surface area contributed by atoms with Gasteiger partial charge in [0.25, 0.3) is 0 Å². The van der Waals surface area contributed by atoms with Gasteiger partial charge in [-0.2, -0.15) is 5.26 Å². The molecule has 0 aliphatic carbocycles. The van der Waals surface area contributed by atoms with Gasteiger partial charge in [-0.05, 0) is 30.3 Å². The number of aromatic nitrogens is 1. The van der Waals surface area contributed by atoms with Crippen molar-refractivity contribution in [2.75, 3.05) is 31.1 Å². The van der Waals surface area contributed by atoms with Crippen molar-refractivity contribution < 1.29 is 9.18 Å². The summed E-state index contributed by atoms with van der Waals surface area (Å²) in [6.45, 7) is 2.90. The highest BCUT2D eigenvalue weighted by Gasteiger charge is 2.22. The Hall–Kier alpha value is -3.33. The van der Waals surface area contributed by atoms with E-state index >= 15 is 0 Å². The molecule has 2 aromatic carbocycles. The molecular weight excluding hydrogens is 343 g/mol. The molecule has 0 unspecified atom stereocenters. The summed E-state index contributed by atoms with van der Waals surface area (Å²) >= 11 is 0. The molecule has 0 spiro atoms. The Labute approximate surface area is 156 Å². The Morgan fingerprint density at radius 3 is 2.44 bits per heavy atom. The number of nitrogens with zero attached hydrogens (tertiary/aromatic N) is 4. The zero-order valence-electron chi connectivity index (χ0n) is 14.8. The molecule has 1 fully saturated rings. The molecule has 3 aromatic rings. The van der Waals surface area contributed by atoms with E-state index in [1.807, 2.05) is 33.7 Å². The minimum absolute atomic E-state index is 0.0407. The standard InChI is InChI=1S/C21H19FN4O/c22-17-5-7-18(8-6-17)24-9-11-25(12-10-24)21(27)15-26-14-16(13-23)19-3-1-2-4-20(19)26/h1-8,14H,9-12,15H2. The zero-order chi connectivity index (χ0) is 18.8. The number of rotatable bonds is 3. The first-order chi connectivity index (χ1) is 13.2. The summed E-state index contributed by atoms with van der Waals surface area (Å²) in [4.78, 5) is 16.8. The summed E-state index contributed by atoms with van der Waals surface area (Å²) in [5.74, 6) is -0.206. The van der Waals surface area contributed by atoms with Gasteiger partial charge in [0.15, 0.2) is 0 Å². The molecule has 1 amide bonds. The van der Waals surface area contributed by atoms with Crippen LogP contribution in [0, 0.1) is 17.1 Å². The van der Waals surface area contributed by atoms with Gasteiger partial charge in [-0.15, -0.1) is 0 Å². The van der Waals surface area contributed by atoms with Crippen LogP contribution in [0.3, 0.4) is 0 Å². The predicted molar refractivity (Wildman–Crippen MR) is 102 cm³/mol. The molecule has 1 aromatic heterocycles. The van der Waals surface area contributed by atoms with E-state index in [1.165, 1.54) is 12.1 Å². The van der Waals surface area contributed by atoms with Gasteiger partial charge in [0.05, 0.1) is 5.56 Å². The Balaban J connectivity index is 1.43. The lowest BCUT2D eigenvalue weighted by Crippen LogP contribution is -2.49. The summed E-state index contributed by atoms with van der Waals surface area (Å²) in [6, 6.07) is 16.3. The number of anilines is 1. The Kier molecular flexibility index (Phi) is 4.51. The van der Waals surface area contributed by atoms with Crippen LogP contribution in [0.2, 0.25) is 0 Å². The van der Waals surface area contributed by atoms with Crippen molar-refractivity contribution in [1.82, 2.24) is 9.47 Å². The van der Waals surface area contributed by atoms with E-state index in [9.17, 15) is 14.4 Å². The van der Waals surface area contributed by atoms with E-state index in [2.05, 4.69) is 11.0 Å². The van der Waals surface area contributed by atoms with Crippen LogP contribution in [-0.2, 0) is 11.3 Å². The fourth-order valence-corrected chi connectivity index (χ4v) is 3.58.